The first kappa shape index (κ1) is 11.6. The zero-order valence-corrected chi connectivity index (χ0v) is 10.4. The molecule has 2 nitrogen and oxygen atoms in total. The van der Waals surface area contributed by atoms with Gasteiger partial charge in [0.1, 0.15) is 5.15 Å². The Kier molecular flexibility index (Phi) is 3.62. The number of hydrogen-bond acceptors (Lipinski definition) is 2. The molecule has 1 fully saturated rings. The largest absolute Gasteiger partial charge is 0.299 e. The third-order valence-electron chi connectivity index (χ3n) is 3.20. The molecule has 3 heteroatoms. The highest BCUT2D eigenvalue weighted by Crippen LogP contribution is 2.31. The summed E-state index contributed by atoms with van der Waals surface area (Å²) in [4.78, 5) is 6.65. The van der Waals surface area contributed by atoms with Gasteiger partial charge in [0.25, 0.3) is 0 Å². The molecule has 1 aromatic heterocycles. The normalized spacial score (nSPS) is 21.2. The van der Waals surface area contributed by atoms with Crippen LogP contribution in [0.15, 0.2) is 24.9 Å². The van der Waals surface area contributed by atoms with E-state index in [-0.39, 0.29) is 0 Å². The van der Waals surface area contributed by atoms with Gasteiger partial charge >= 0.3 is 0 Å². The summed E-state index contributed by atoms with van der Waals surface area (Å²) in [6.07, 6.45) is 7.04. The fourth-order valence-electron chi connectivity index (χ4n) is 2.32. The van der Waals surface area contributed by atoms with Gasteiger partial charge in [0.2, 0.25) is 0 Å². The molecule has 1 aromatic rings. The molecule has 1 saturated heterocycles. The number of pyridine rings is 1. The molecule has 0 aliphatic carbocycles. The first-order chi connectivity index (χ1) is 7.72. The lowest BCUT2D eigenvalue weighted by Gasteiger charge is -2.20. The van der Waals surface area contributed by atoms with E-state index in [2.05, 4.69) is 29.6 Å². The van der Waals surface area contributed by atoms with Crippen LogP contribution in [-0.2, 0) is 6.42 Å². The molecule has 0 N–H and O–H groups in total. The predicted molar refractivity (Wildman–Crippen MR) is 67.8 cm³/mol. The van der Waals surface area contributed by atoms with Crippen LogP contribution in [0.5, 0.6) is 0 Å². The summed E-state index contributed by atoms with van der Waals surface area (Å²) < 4.78 is 0. The topological polar surface area (TPSA) is 16.1 Å². The Labute approximate surface area is 102 Å². The van der Waals surface area contributed by atoms with Crippen molar-refractivity contribution in [1.29, 1.82) is 0 Å². The van der Waals surface area contributed by atoms with E-state index in [0.29, 0.717) is 11.2 Å². The van der Waals surface area contributed by atoms with Crippen molar-refractivity contribution in [2.45, 2.75) is 25.3 Å². The van der Waals surface area contributed by atoms with Gasteiger partial charge in [-0.15, -0.1) is 6.58 Å². The zero-order valence-electron chi connectivity index (χ0n) is 9.62. The maximum Gasteiger partial charge on any atom is 0.132 e. The average Bonchev–Trinajstić information content (AvgIpc) is 2.68. The second-order valence-corrected chi connectivity index (χ2v) is 4.71. The number of rotatable bonds is 3. The lowest BCUT2D eigenvalue weighted by molar-refractivity contribution is 0.317. The maximum absolute atomic E-state index is 6.05. The summed E-state index contributed by atoms with van der Waals surface area (Å²) in [5.74, 6) is 0. The van der Waals surface area contributed by atoms with Crippen LogP contribution in [0.2, 0.25) is 5.15 Å². The van der Waals surface area contributed by atoms with Crippen LogP contribution in [0.4, 0.5) is 0 Å². The van der Waals surface area contributed by atoms with Crippen molar-refractivity contribution in [3.8, 4) is 0 Å². The summed E-state index contributed by atoms with van der Waals surface area (Å²) in [6, 6.07) is 2.68. The number of aromatic nitrogens is 1. The highest BCUT2D eigenvalue weighted by molar-refractivity contribution is 6.30. The van der Waals surface area contributed by atoms with Gasteiger partial charge in [0, 0.05) is 12.2 Å². The smallest absolute Gasteiger partial charge is 0.132 e. The molecule has 0 aromatic carbocycles. The van der Waals surface area contributed by atoms with Crippen LogP contribution in [0.3, 0.4) is 0 Å². The number of allylic oxidation sites excluding steroid dienone is 1. The average molecular weight is 237 g/mol. The number of hydrogen-bond donors (Lipinski definition) is 0. The van der Waals surface area contributed by atoms with Gasteiger partial charge in [-0.3, -0.25) is 4.90 Å². The molecular weight excluding hydrogens is 220 g/mol. The summed E-state index contributed by atoms with van der Waals surface area (Å²) in [7, 11) is 2.17. The second-order valence-electron chi connectivity index (χ2n) is 4.35. The van der Waals surface area contributed by atoms with Crippen LogP contribution in [0.25, 0.3) is 0 Å². The molecule has 0 bridgehead atoms. The minimum Gasteiger partial charge on any atom is -0.299 e. The standard InChI is InChI=1S/C13H17ClN2/c1-3-5-10-8-11(9-15-13(10)14)12-6-4-7-16(12)2/h3,8-9,12H,1,4-7H2,2H3/t12-/m0/s1. The minimum absolute atomic E-state index is 0.508. The summed E-state index contributed by atoms with van der Waals surface area (Å²) in [5, 5.41) is 0.601. The summed E-state index contributed by atoms with van der Waals surface area (Å²) >= 11 is 6.05. The lowest BCUT2D eigenvalue weighted by Crippen LogP contribution is -2.17. The lowest BCUT2D eigenvalue weighted by atomic mass is 10.0. The third kappa shape index (κ3) is 2.28. The molecule has 86 valence electrons. The van der Waals surface area contributed by atoms with Crippen molar-refractivity contribution in [3.63, 3.8) is 0 Å². The van der Waals surface area contributed by atoms with E-state index in [1.807, 2.05) is 12.3 Å². The SMILES string of the molecule is C=CCc1cc([C@@H]2CCCN2C)cnc1Cl. The van der Waals surface area contributed by atoms with Crippen LogP contribution < -0.4 is 0 Å². The first-order valence-corrected chi connectivity index (χ1v) is 6.05. The van der Waals surface area contributed by atoms with Crippen molar-refractivity contribution >= 4 is 11.6 Å². The predicted octanol–water partition coefficient (Wildman–Crippen LogP) is 3.23. The van der Waals surface area contributed by atoms with Crippen molar-refractivity contribution in [1.82, 2.24) is 9.88 Å². The Morgan fingerprint density at radius 3 is 3.12 bits per heavy atom. The molecule has 2 rings (SSSR count). The molecule has 0 radical (unpaired) electrons. The van der Waals surface area contributed by atoms with Crippen molar-refractivity contribution in [3.05, 3.63) is 41.2 Å². The monoisotopic (exact) mass is 236 g/mol. The van der Waals surface area contributed by atoms with E-state index >= 15 is 0 Å². The van der Waals surface area contributed by atoms with Crippen LogP contribution in [-0.4, -0.2) is 23.5 Å². The van der Waals surface area contributed by atoms with Crippen molar-refractivity contribution in [2.75, 3.05) is 13.6 Å². The zero-order chi connectivity index (χ0) is 11.5. The molecule has 0 spiro atoms. The van der Waals surface area contributed by atoms with E-state index in [1.54, 1.807) is 0 Å². The molecule has 1 aliphatic rings. The van der Waals surface area contributed by atoms with Gasteiger partial charge in [-0.05, 0) is 50.0 Å². The molecule has 16 heavy (non-hydrogen) atoms. The number of nitrogens with zero attached hydrogens (tertiary/aromatic N) is 2. The van der Waals surface area contributed by atoms with E-state index in [4.69, 9.17) is 11.6 Å². The van der Waals surface area contributed by atoms with Gasteiger partial charge in [-0.25, -0.2) is 4.98 Å². The van der Waals surface area contributed by atoms with Gasteiger partial charge in [-0.2, -0.15) is 0 Å². The summed E-state index contributed by atoms with van der Waals surface area (Å²) in [5.41, 5.74) is 2.36. The maximum atomic E-state index is 6.05. The third-order valence-corrected chi connectivity index (χ3v) is 3.54. The molecule has 0 saturated carbocycles. The van der Waals surface area contributed by atoms with Crippen LogP contribution in [0, 0.1) is 0 Å². The Morgan fingerprint density at radius 1 is 1.69 bits per heavy atom. The van der Waals surface area contributed by atoms with Crippen LogP contribution in [0.1, 0.15) is 30.0 Å². The van der Waals surface area contributed by atoms with Gasteiger partial charge in [0.05, 0.1) is 0 Å². The number of likely N-dealkylation sites (tertiary alicyclic amines) is 1. The Bertz CT molecular complexity index is 390. The molecule has 0 unspecified atom stereocenters. The Balaban J connectivity index is 2.27. The number of halogens is 1. The first-order valence-electron chi connectivity index (χ1n) is 5.68. The van der Waals surface area contributed by atoms with E-state index in [0.717, 1.165) is 12.0 Å². The van der Waals surface area contributed by atoms with Gasteiger partial charge in [0.15, 0.2) is 0 Å². The fraction of sp³-hybridized carbons (Fsp3) is 0.462. The fourth-order valence-corrected chi connectivity index (χ4v) is 2.50. The van der Waals surface area contributed by atoms with E-state index < -0.39 is 0 Å². The molecule has 1 atom stereocenters. The van der Waals surface area contributed by atoms with Gasteiger partial charge in [-0.1, -0.05) is 17.7 Å². The Hall–Kier alpha value is -0.860. The highest BCUT2D eigenvalue weighted by Gasteiger charge is 2.23. The quantitative estimate of drug-likeness (QED) is 0.592. The second kappa shape index (κ2) is 4.98. The Morgan fingerprint density at radius 2 is 2.50 bits per heavy atom. The molecular formula is C13H17ClN2. The van der Waals surface area contributed by atoms with Crippen LogP contribution >= 0.6 is 11.6 Å². The van der Waals surface area contributed by atoms with E-state index in [9.17, 15) is 0 Å². The minimum atomic E-state index is 0.508. The van der Waals surface area contributed by atoms with Crippen molar-refractivity contribution in [2.24, 2.45) is 0 Å². The summed E-state index contributed by atoms with van der Waals surface area (Å²) in [6.45, 7) is 4.91. The van der Waals surface area contributed by atoms with Gasteiger partial charge < -0.3 is 0 Å². The molecule has 1 aliphatic heterocycles. The van der Waals surface area contributed by atoms with E-state index in [1.165, 1.54) is 24.9 Å². The van der Waals surface area contributed by atoms with Crippen molar-refractivity contribution < 1.29 is 0 Å². The molecule has 0 amide bonds. The molecule has 2 heterocycles. The highest BCUT2D eigenvalue weighted by atomic mass is 35.5.